The fourth-order valence-electron chi connectivity index (χ4n) is 2.84. The maximum Gasteiger partial charge on any atom is 0.306 e. The molecule has 0 aliphatic heterocycles. The maximum atomic E-state index is 11.8. The predicted molar refractivity (Wildman–Crippen MR) is 81.7 cm³/mol. The van der Waals surface area contributed by atoms with E-state index >= 15 is 0 Å². The summed E-state index contributed by atoms with van der Waals surface area (Å²) in [7, 11) is 0. The molecule has 0 saturated heterocycles. The Morgan fingerprint density at radius 2 is 2.19 bits per heavy atom. The van der Waals surface area contributed by atoms with Gasteiger partial charge in [-0.25, -0.2) is 0 Å². The lowest BCUT2D eigenvalue weighted by Gasteiger charge is -2.15. The summed E-state index contributed by atoms with van der Waals surface area (Å²) in [5.74, 6) is -1.18. The van der Waals surface area contributed by atoms with E-state index in [9.17, 15) is 9.59 Å². The predicted octanol–water partition coefficient (Wildman–Crippen LogP) is 2.63. The largest absolute Gasteiger partial charge is 0.481 e. The molecule has 21 heavy (non-hydrogen) atoms. The van der Waals surface area contributed by atoms with Crippen LogP contribution in [0, 0.1) is 18.8 Å². The molecular weight excluding hydrogens is 266 g/mol. The lowest BCUT2D eigenvalue weighted by molar-refractivity contribution is -0.143. The van der Waals surface area contributed by atoms with E-state index < -0.39 is 5.97 Å². The van der Waals surface area contributed by atoms with Gasteiger partial charge >= 0.3 is 5.97 Å². The fraction of sp³-hybridized carbons (Fsp3) is 0.412. The van der Waals surface area contributed by atoms with Crippen molar-refractivity contribution in [2.45, 2.75) is 26.2 Å². The van der Waals surface area contributed by atoms with E-state index in [-0.39, 0.29) is 17.7 Å². The van der Waals surface area contributed by atoms with E-state index in [2.05, 4.69) is 5.32 Å². The van der Waals surface area contributed by atoms with Crippen molar-refractivity contribution in [1.29, 1.82) is 0 Å². The number of amides is 1. The highest BCUT2D eigenvalue weighted by molar-refractivity contribution is 5.91. The second-order valence-corrected chi connectivity index (χ2v) is 5.63. The zero-order valence-electron chi connectivity index (χ0n) is 12.2. The smallest absolute Gasteiger partial charge is 0.306 e. The van der Waals surface area contributed by atoms with Crippen LogP contribution < -0.4 is 5.32 Å². The third-order valence-corrected chi connectivity index (χ3v) is 3.98. The highest BCUT2D eigenvalue weighted by Gasteiger charge is 2.32. The molecule has 0 aromatic heterocycles. The molecule has 1 aromatic carbocycles. The molecule has 0 heterocycles. The Morgan fingerprint density at radius 3 is 2.90 bits per heavy atom. The maximum absolute atomic E-state index is 11.8. The minimum atomic E-state index is -0.748. The molecule has 112 valence electrons. The molecule has 2 N–H and O–H groups in total. The Labute approximate surface area is 124 Å². The molecule has 1 aromatic rings. The van der Waals surface area contributed by atoms with Gasteiger partial charge in [-0.2, -0.15) is 0 Å². The Balaban J connectivity index is 1.83. The summed E-state index contributed by atoms with van der Waals surface area (Å²) in [6.45, 7) is 2.44. The number of aliphatic carboxylic acids is 1. The van der Waals surface area contributed by atoms with Crippen molar-refractivity contribution in [3.8, 4) is 0 Å². The molecule has 0 spiro atoms. The van der Waals surface area contributed by atoms with Gasteiger partial charge in [-0.05, 0) is 37.3 Å². The Bertz CT molecular complexity index is 551. The zero-order valence-corrected chi connectivity index (χ0v) is 12.2. The molecule has 0 bridgehead atoms. The fourth-order valence-corrected chi connectivity index (χ4v) is 2.84. The van der Waals surface area contributed by atoms with Crippen LogP contribution in [0.15, 0.2) is 30.3 Å². The SMILES string of the molecule is Cc1cccc(C=CC(=O)NCC2CCCC2C(=O)O)c1. The lowest BCUT2D eigenvalue weighted by atomic mass is 9.96. The molecule has 1 amide bonds. The molecule has 1 aliphatic rings. The summed E-state index contributed by atoms with van der Waals surface area (Å²) >= 11 is 0. The van der Waals surface area contributed by atoms with Crippen LogP contribution in [0.3, 0.4) is 0 Å². The van der Waals surface area contributed by atoms with E-state index in [0.29, 0.717) is 6.54 Å². The van der Waals surface area contributed by atoms with Crippen LogP contribution in [-0.2, 0) is 9.59 Å². The molecule has 0 radical (unpaired) electrons. The summed E-state index contributed by atoms with van der Waals surface area (Å²) < 4.78 is 0. The number of carboxylic acids is 1. The first-order valence-electron chi connectivity index (χ1n) is 7.31. The minimum Gasteiger partial charge on any atom is -0.481 e. The van der Waals surface area contributed by atoms with Crippen molar-refractivity contribution >= 4 is 18.0 Å². The molecule has 2 unspecified atom stereocenters. The summed E-state index contributed by atoms with van der Waals surface area (Å²) in [5, 5.41) is 11.9. The number of hydrogen-bond acceptors (Lipinski definition) is 2. The normalized spacial score (nSPS) is 21.6. The van der Waals surface area contributed by atoms with Gasteiger partial charge < -0.3 is 10.4 Å². The Kier molecular flexibility index (Phi) is 5.14. The molecule has 4 heteroatoms. The third kappa shape index (κ3) is 4.45. The molecule has 1 fully saturated rings. The Morgan fingerprint density at radius 1 is 1.38 bits per heavy atom. The number of carbonyl (C=O) groups is 2. The van der Waals surface area contributed by atoms with Crippen molar-refractivity contribution in [2.75, 3.05) is 6.54 Å². The monoisotopic (exact) mass is 287 g/mol. The summed E-state index contributed by atoms with van der Waals surface area (Å²) in [6, 6.07) is 7.89. The number of aryl methyl sites for hydroxylation is 1. The van der Waals surface area contributed by atoms with Crippen LogP contribution in [0.5, 0.6) is 0 Å². The van der Waals surface area contributed by atoms with Crippen LogP contribution in [0.1, 0.15) is 30.4 Å². The van der Waals surface area contributed by atoms with Gasteiger partial charge in [0.25, 0.3) is 0 Å². The second kappa shape index (κ2) is 7.07. The number of hydrogen-bond donors (Lipinski definition) is 2. The van der Waals surface area contributed by atoms with E-state index in [1.54, 1.807) is 6.08 Å². The van der Waals surface area contributed by atoms with Gasteiger partial charge in [0, 0.05) is 12.6 Å². The average molecular weight is 287 g/mol. The van der Waals surface area contributed by atoms with Crippen LogP contribution >= 0.6 is 0 Å². The van der Waals surface area contributed by atoms with Gasteiger partial charge in [-0.3, -0.25) is 9.59 Å². The zero-order chi connectivity index (χ0) is 15.2. The van der Waals surface area contributed by atoms with Crippen molar-refractivity contribution in [3.63, 3.8) is 0 Å². The summed E-state index contributed by atoms with van der Waals surface area (Å²) in [5.41, 5.74) is 2.13. The van der Waals surface area contributed by atoms with Crippen LogP contribution in [0.2, 0.25) is 0 Å². The van der Waals surface area contributed by atoms with Crippen molar-refractivity contribution < 1.29 is 14.7 Å². The van der Waals surface area contributed by atoms with Gasteiger partial charge in [0.2, 0.25) is 5.91 Å². The number of nitrogens with one attached hydrogen (secondary N) is 1. The van der Waals surface area contributed by atoms with Gasteiger partial charge in [-0.1, -0.05) is 36.2 Å². The number of rotatable bonds is 5. The minimum absolute atomic E-state index is 0.0545. The summed E-state index contributed by atoms with van der Waals surface area (Å²) in [4.78, 5) is 22.9. The first kappa shape index (κ1) is 15.3. The standard InChI is InChI=1S/C17H21NO3/c1-12-4-2-5-13(10-12)8-9-16(19)18-11-14-6-3-7-15(14)17(20)21/h2,4-5,8-10,14-15H,3,6-7,11H2,1H3,(H,18,19)(H,20,21). The molecule has 1 aliphatic carbocycles. The number of carbonyl (C=O) groups excluding carboxylic acids is 1. The summed E-state index contributed by atoms with van der Waals surface area (Å²) in [6.07, 6.45) is 5.79. The van der Waals surface area contributed by atoms with Gasteiger partial charge in [-0.15, -0.1) is 0 Å². The number of benzene rings is 1. The van der Waals surface area contributed by atoms with E-state index in [0.717, 1.165) is 30.4 Å². The van der Waals surface area contributed by atoms with E-state index in [1.807, 2.05) is 31.2 Å². The molecule has 2 rings (SSSR count). The molecule has 1 saturated carbocycles. The highest BCUT2D eigenvalue weighted by Crippen LogP contribution is 2.31. The average Bonchev–Trinajstić information content (AvgIpc) is 2.91. The Hall–Kier alpha value is -2.10. The van der Waals surface area contributed by atoms with E-state index in [1.165, 1.54) is 6.08 Å². The molecule has 4 nitrogen and oxygen atoms in total. The number of carboxylic acid groups (broad SMARTS) is 1. The van der Waals surface area contributed by atoms with Crippen molar-refractivity contribution in [3.05, 3.63) is 41.5 Å². The topological polar surface area (TPSA) is 66.4 Å². The van der Waals surface area contributed by atoms with Gasteiger partial charge in [0.15, 0.2) is 0 Å². The third-order valence-electron chi connectivity index (χ3n) is 3.98. The van der Waals surface area contributed by atoms with Crippen LogP contribution in [0.4, 0.5) is 0 Å². The highest BCUT2D eigenvalue weighted by atomic mass is 16.4. The molecule has 2 atom stereocenters. The lowest BCUT2D eigenvalue weighted by Crippen LogP contribution is -2.32. The molecular formula is C17H21NO3. The van der Waals surface area contributed by atoms with Crippen LogP contribution in [-0.4, -0.2) is 23.5 Å². The first-order chi connectivity index (χ1) is 10.1. The van der Waals surface area contributed by atoms with Crippen molar-refractivity contribution in [2.24, 2.45) is 11.8 Å². The first-order valence-corrected chi connectivity index (χ1v) is 7.31. The van der Waals surface area contributed by atoms with Crippen LogP contribution in [0.25, 0.3) is 6.08 Å². The van der Waals surface area contributed by atoms with Gasteiger partial charge in [0.05, 0.1) is 5.92 Å². The quantitative estimate of drug-likeness (QED) is 0.818. The van der Waals surface area contributed by atoms with E-state index in [4.69, 9.17) is 5.11 Å². The second-order valence-electron chi connectivity index (χ2n) is 5.63. The van der Waals surface area contributed by atoms with Crippen molar-refractivity contribution in [1.82, 2.24) is 5.32 Å². The van der Waals surface area contributed by atoms with Gasteiger partial charge in [0.1, 0.15) is 0 Å².